The molecule has 1 aliphatic heterocycles. The predicted molar refractivity (Wildman–Crippen MR) is 86.6 cm³/mol. The van der Waals surface area contributed by atoms with E-state index in [2.05, 4.69) is 24.0 Å². The van der Waals surface area contributed by atoms with Crippen molar-refractivity contribution in [2.45, 2.75) is 38.5 Å². The van der Waals surface area contributed by atoms with E-state index in [1.807, 2.05) is 41.4 Å². The third-order valence-electron chi connectivity index (χ3n) is 4.68. The van der Waals surface area contributed by atoms with Gasteiger partial charge in [-0.15, -0.1) is 0 Å². The van der Waals surface area contributed by atoms with Crippen LogP contribution in [0.15, 0.2) is 36.5 Å². The zero-order valence-corrected chi connectivity index (χ0v) is 13.3. The molecule has 0 unspecified atom stereocenters. The number of benzene rings is 1. The molecule has 0 aliphatic carbocycles. The normalized spacial score (nSPS) is 21.8. The summed E-state index contributed by atoms with van der Waals surface area (Å²) in [5, 5.41) is 7.29. The van der Waals surface area contributed by atoms with Crippen LogP contribution in [0.3, 0.4) is 0 Å². The molecule has 1 fully saturated rings. The molecule has 1 aromatic carbocycles. The van der Waals surface area contributed by atoms with Crippen molar-refractivity contribution in [1.29, 1.82) is 0 Å². The summed E-state index contributed by atoms with van der Waals surface area (Å²) in [6.07, 6.45) is 4.48. The Balaban J connectivity index is 1.73. The summed E-state index contributed by atoms with van der Waals surface area (Å²) in [5.41, 5.74) is 3.41. The summed E-state index contributed by atoms with van der Waals surface area (Å²) in [6.45, 7) is 5.93. The topological polar surface area (TPSA) is 49.0 Å². The van der Waals surface area contributed by atoms with Gasteiger partial charge in [0, 0.05) is 24.2 Å². The Bertz CT molecular complexity index is 649. The second kappa shape index (κ2) is 5.95. The lowest BCUT2D eigenvalue weighted by Gasteiger charge is -2.40. The molecule has 1 N–H and O–H groups in total. The second-order valence-electron chi connectivity index (χ2n) is 6.57. The van der Waals surface area contributed by atoms with Crippen molar-refractivity contribution in [1.82, 2.24) is 15.1 Å². The molecule has 1 saturated heterocycles. The number of aryl methyl sites for hydroxylation is 1. The van der Waals surface area contributed by atoms with Gasteiger partial charge in [0.15, 0.2) is 0 Å². The molecule has 2 aromatic rings. The fourth-order valence-corrected chi connectivity index (χ4v) is 3.50. The third kappa shape index (κ3) is 2.91. The minimum absolute atomic E-state index is 0.0226. The smallest absolute Gasteiger partial charge is 0.227 e. The third-order valence-corrected chi connectivity index (χ3v) is 4.68. The molecule has 22 heavy (non-hydrogen) atoms. The van der Waals surface area contributed by atoms with E-state index in [9.17, 15) is 4.79 Å². The van der Waals surface area contributed by atoms with Crippen LogP contribution in [0.2, 0.25) is 0 Å². The lowest BCUT2D eigenvalue weighted by Crippen LogP contribution is -2.48. The Kier molecular flexibility index (Phi) is 4.01. The highest BCUT2D eigenvalue weighted by molar-refractivity contribution is 5.79. The minimum atomic E-state index is -0.0226. The number of hydrogen-bond acceptors (Lipinski definition) is 2. The molecule has 2 heterocycles. The first kappa shape index (κ1) is 14.8. The number of likely N-dealkylation sites (tertiary alicyclic amines) is 1. The zero-order valence-electron chi connectivity index (χ0n) is 13.3. The van der Waals surface area contributed by atoms with Crippen LogP contribution in [0.1, 0.15) is 36.6 Å². The van der Waals surface area contributed by atoms with E-state index in [1.54, 1.807) is 0 Å². The average Bonchev–Trinajstić information content (AvgIpc) is 2.95. The first-order valence-electron chi connectivity index (χ1n) is 7.91. The standard InChI is InChI=1S/C18H23N3O/c1-14-12-19-20-17(14)18(2)9-6-10-21(13-18)16(22)11-15-7-4-3-5-8-15/h3-5,7-8,12H,6,9-11,13H2,1-2H3,(H,19,20)/t18-/m0/s1. The molecule has 1 amide bonds. The largest absolute Gasteiger partial charge is 0.341 e. The highest BCUT2D eigenvalue weighted by Crippen LogP contribution is 2.34. The molecule has 1 aliphatic rings. The molecule has 4 heteroatoms. The molecule has 116 valence electrons. The van der Waals surface area contributed by atoms with Gasteiger partial charge in [-0.2, -0.15) is 5.10 Å². The SMILES string of the molecule is Cc1cn[nH]c1[C@@]1(C)CCCN(C(=O)Cc2ccccc2)C1. The number of amides is 1. The lowest BCUT2D eigenvalue weighted by molar-refractivity contribution is -0.132. The Hall–Kier alpha value is -2.10. The number of H-pyrrole nitrogens is 1. The summed E-state index contributed by atoms with van der Waals surface area (Å²) in [4.78, 5) is 14.6. The molecule has 1 aromatic heterocycles. The quantitative estimate of drug-likeness (QED) is 0.947. The molecule has 0 bridgehead atoms. The summed E-state index contributed by atoms with van der Waals surface area (Å²) in [5.74, 6) is 0.217. The summed E-state index contributed by atoms with van der Waals surface area (Å²) in [7, 11) is 0. The van der Waals surface area contributed by atoms with Crippen molar-refractivity contribution in [2.75, 3.05) is 13.1 Å². The molecule has 1 atom stereocenters. The van der Waals surface area contributed by atoms with Gasteiger partial charge in [0.05, 0.1) is 12.6 Å². The number of aromatic amines is 1. The van der Waals surface area contributed by atoms with Crippen LogP contribution in [-0.2, 0) is 16.6 Å². The van der Waals surface area contributed by atoms with Gasteiger partial charge in [0.25, 0.3) is 0 Å². The average molecular weight is 297 g/mol. The van der Waals surface area contributed by atoms with E-state index in [1.165, 1.54) is 11.3 Å². The number of rotatable bonds is 3. The van der Waals surface area contributed by atoms with E-state index >= 15 is 0 Å². The van der Waals surface area contributed by atoms with Gasteiger partial charge in [-0.3, -0.25) is 9.89 Å². The van der Waals surface area contributed by atoms with Crippen molar-refractivity contribution in [3.8, 4) is 0 Å². The van der Waals surface area contributed by atoms with E-state index < -0.39 is 0 Å². The van der Waals surface area contributed by atoms with E-state index in [4.69, 9.17) is 0 Å². The van der Waals surface area contributed by atoms with Crippen LogP contribution in [0.5, 0.6) is 0 Å². The van der Waals surface area contributed by atoms with Crippen LogP contribution in [0.4, 0.5) is 0 Å². The van der Waals surface area contributed by atoms with E-state index in [0.29, 0.717) is 6.42 Å². The number of carbonyl (C=O) groups excluding carboxylic acids is 1. The second-order valence-corrected chi connectivity index (χ2v) is 6.57. The lowest BCUT2D eigenvalue weighted by atomic mass is 9.77. The maximum absolute atomic E-state index is 12.6. The maximum Gasteiger partial charge on any atom is 0.227 e. The molecular weight excluding hydrogens is 274 g/mol. The fraction of sp³-hybridized carbons (Fsp3) is 0.444. The number of carbonyl (C=O) groups is 1. The Morgan fingerprint density at radius 2 is 2.14 bits per heavy atom. The van der Waals surface area contributed by atoms with Gasteiger partial charge < -0.3 is 4.90 Å². The first-order valence-corrected chi connectivity index (χ1v) is 7.91. The molecule has 0 radical (unpaired) electrons. The van der Waals surface area contributed by atoms with Crippen molar-refractivity contribution < 1.29 is 4.79 Å². The van der Waals surface area contributed by atoms with Crippen molar-refractivity contribution in [3.63, 3.8) is 0 Å². The van der Waals surface area contributed by atoms with Gasteiger partial charge in [-0.05, 0) is 30.9 Å². The summed E-state index contributed by atoms with van der Waals surface area (Å²) < 4.78 is 0. The molecular formula is C18H23N3O. The Labute approximate surface area is 131 Å². The number of nitrogens with zero attached hydrogens (tertiary/aromatic N) is 2. The van der Waals surface area contributed by atoms with E-state index in [0.717, 1.165) is 31.5 Å². The first-order chi connectivity index (χ1) is 10.6. The minimum Gasteiger partial charge on any atom is -0.341 e. The Morgan fingerprint density at radius 1 is 1.36 bits per heavy atom. The van der Waals surface area contributed by atoms with Gasteiger partial charge in [-0.25, -0.2) is 0 Å². The molecule has 0 saturated carbocycles. The van der Waals surface area contributed by atoms with Crippen LogP contribution in [0, 0.1) is 6.92 Å². The maximum atomic E-state index is 12.6. The van der Waals surface area contributed by atoms with Gasteiger partial charge >= 0.3 is 0 Å². The predicted octanol–water partition coefficient (Wildman–Crippen LogP) is 2.84. The van der Waals surface area contributed by atoms with Crippen molar-refractivity contribution in [3.05, 3.63) is 53.3 Å². The van der Waals surface area contributed by atoms with Crippen molar-refractivity contribution >= 4 is 5.91 Å². The van der Waals surface area contributed by atoms with Gasteiger partial charge in [-0.1, -0.05) is 37.3 Å². The zero-order chi connectivity index (χ0) is 15.6. The number of aromatic nitrogens is 2. The molecule has 3 rings (SSSR count). The monoisotopic (exact) mass is 297 g/mol. The van der Waals surface area contributed by atoms with E-state index in [-0.39, 0.29) is 11.3 Å². The summed E-state index contributed by atoms with van der Waals surface area (Å²) >= 11 is 0. The fourth-order valence-electron chi connectivity index (χ4n) is 3.50. The van der Waals surface area contributed by atoms with Crippen molar-refractivity contribution in [2.24, 2.45) is 0 Å². The van der Waals surface area contributed by atoms with Crippen LogP contribution >= 0.6 is 0 Å². The van der Waals surface area contributed by atoms with Crippen LogP contribution in [-0.4, -0.2) is 34.1 Å². The van der Waals surface area contributed by atoms with Gasteiger partial charge in [0.1, 0.15) is 0 Å². The number of hydrogen-bond donors (Lipinski definition) is 1. The van der Waals surface area contributed by atoms with Gasteiger partial charge in [0.2, 0.25) is 5.91 Å². The molecule has 4 nitrogen and oxygen atoms in total. The molecule has 0 spiro atoms. The van der Waals surface area contributed by atoms with Crippen LogP contribution < -0.4 is 0 Å². The van der Waals surface area contributed by atoms with Crippen LogP contribution in [0.25, 0.3) is 0 Å². The highest BCUT2D eigenvalue weighted by atomic mass is 16.2. The number of piperidine rings is 1. The Morgan fingerprint density at radius 3 is 2.82 bits per heavy atom. The highest BCUT2D eigenvalue weighted by Gasteiger charge is 2.36. The summed E-state index contributed by atoms with van der Waals surface area (Å²) in [6, 6.07) is 9.97. The number of nitrogens with one attached hydrogen (secondary N) is 1.